The van der Waals surface area contributed by atoms with Crippen LogP contribution in [0, 0.1) is 5.92 Å². The number of likely N-dealkylation sites (tertiary alicyclic amines) is 1. The summed E-state index contributed by atoms with van der Waals surface area (Å²) in [5.74, 6) is 0.203. The Balaban J connectivity index is 2.10. The third kappa shape index (κ3) is 3.22. The molecule has 2 unspecified atom stereocenters. The molecule has 2 atom stereocenters. The Morgan fingerprint density at radius 1 is 1.23 bits per heavy atom. The SMILES string of the molecule is CC[Si](CC)(CC)OC1C(=O)N(C(=O)OC(C)C)C1C1CC1. The molecule has 0 bridgehead atoms. The summed E-state index contributed by atoms with van der Waals surface area (Å²) in [7, 11) is -1.85. The van der Waals surface area contributed by atoms with Gasteiger partial charge < -0.3 is 9.16 Å². The van der Waals surface area contributed by atoms with Crippen LogP contribution >= 0.6 is 0 Å². The number of ether oxygens (including phenoxy) is 1. The number of carbonyl (C=O) groups excluding carboxylic acids is 2. The Kier molecular flexibility index (Phi) is 5.32. The van der Waals surface area contributed by atoms with Crippen molar-refractivity contribution in [1.29, 1.82) is 0 Å². The number of carbonyl (C=O) groups is 2. The predicted octanol–water partition coefficient (Wildman–Crippen LogP) is 3.54. The second kappa shape index (κ2) is 6.70. The molecule has 2 rings (SSSR count). The minimum Gasteiger partial charge on any atom is -0.446 e. The van der Waals surface area contributed by atoms with E-state index in [1.165, 1.54) is 4.90 Å². The number of imide groups is 1. The summed E-state index contributed by atoms with van der Waals surface area (Å²) in [6.07, 6.45) is 1.01. The van der Waals surface area contributed by atoms with E-state index in [4.69, 9.17) is 9.16 Å². The third-order valence-corrected chi connectivity index (χ3v) is 9.66. The Morgan fingerprint density at radius 3 is 2.18 bits per heavy atom. The summed E-state index contributed by atoms with van der Waals surface area (Å²) in [5, 5.41) is 0. The van der Waals surface area contributed by atoms with Crippen LogP contribution in [0.5, 0.6) is 0 Å². The number of nitrogens with zero attached hydrogens (tertiary/aromatic N) is 1. The second-order valence-corrected chi connectivity index (χ2v) is 11.5. The van der Waals surface area contributed by atoms with Gasteiger partial charge >= 0.3 is 6.09 Å². The van der Waals surface area contributed by atoms with E-state index in [9.17, 15) is 9.59 Å². The lowest BCUT2D eigenvalue weighted by Crippen LogP contribution is -2.70. The van der Waals surface area contributed by atoms with Crippen molar-refractivity contribution >= 4 is 20.3 Å². The summed E-state index contributed by atoms with van der Waals surface area (Å²) in [5.41, 5.74) is 0. The molecule has 1 saturated carbocycles. The molecule has 22 heavy (non-hydrogen) atoms. The van der Waals surface area contributed by atoms with Crippen molar-refractivity contribution in [2.24, 2.45) is 5.92 Å². The van der Waals surface area contributed by atoms with Crippen molar-refractivity contribution in [1.82, 2.24) is 4.90 Å². The van der Waals surface area contributed by atoms with Crippen molar-refractivity contribution in [3.63, 3.8) is 0 Å². The van der Waals surface area contributed by atoms with Crippen molar-refractivity contribution in [3.05, 3.63) is 0 Å². The maximum atomic E-state index is 12.5. The fraction of sp³-hybridized carbons (Fsp3) is 0.875. The molecule has 2 fully saturated rings. The Hall–Kier alpha value is -0.883. The number of hydrogen-bond acceptors (Lipinski definition) is 4. The Labute approximate surface area is 134 Å². The molecule has 1 saturated heterocycles. The lowest BCUT2D eigenvalue weighted by Gasteiger charge is -2.48. The van der Waals surface area contributed by atoms with Crippen LogP contribution in [0.1, 0.15) is 47.5 Å². The molecule has 0 aromatic rings. The van der Waals surface area contributed by atoms with E-state index in [2.05, 4.69) is 20.8 Å². The number of rotatable bonds is 7. The number of amides is 2. The first-order valence-electron chi connectivity index (χ1n) is 8.60. The zero-order valence-corrected chi connectivity index (χ0v) is 15.4. The fourth-order valence-corrected chi connectivity index (χ4v) is 6.02. The van der Waals surface area contributed by atoms with Crippen LogP contribution in [-0.2, 0) is 14.0 Å². The van der Waals surface area contributed by atoms with Gasteiger partial charge in [0, 0.05) is 0 Å². The first-order chi connectivity index (χ1) is 10.4. The lowest BCUT2D eigenvalue weighted by atomic mass is 9.94. The Morgan fingerprint density at radius 2 is 1.77 bits per heavy atom. The predicted molar refractivity (Wildman–Crippen MR) is 87.0 cm³/mol. The maximum Gasteiger partial charge on any atom is 0.417 e. The smallest absolute Gasteiger partial charge is 0.417 e. The van der Waals surface area contributed by atoms with E-state index in [1.807, 2.05) is 0 Å². The highest BCUT2D eigenvalue weighted by molar-refractivity contribution is 6.73. The van der Waals surface area contributed by atoms with E-state index in [0.717, 1.165) is 31.0 Å². The first kappa shape index (κ1) is 17.5. The van der Waals surface area contributed by atoms with Gasteiger partial charge in [0.05, 0.1) is 12.1 Å². The molecule has 2 aliphatic rings. The van der Waals surface area contributed by atoms with E-state index in [-0.39, 0.29) is 18.1 Å². The Bertz CT molecular complexity index is 424. The standard InChI is InChI=1S/C16H29NO4Si/c1-6-22(7-2,8-3)21-14-13(12-9-10-12)17(15(14)18)16(19)20-11(4)5/h11-14H,6-10H2,1-5H3. The lowest BCUT2D eigenvalue weighted by molar-refractivity contribution is -0.162. The maximum absolute atomic E-state index is 12.5. The summed E-state index contributed by atoms with van der Waals surface area (Å²) in [4.78, 5) is 25.9. The highest BCUT2D eigenvalue weighted by atomic mass is 28.4. The largest absolute Gasteiger partial charge is 0.446 e. The zero-order chi connectivity index (χ0) is 16.5. The van der Waals surface area contributed by atoms with Crippen LogP contribution in [0.25, 0.3) is 0 Å². The molecule has 1 aliphatic heterocycles. The van der Waals surface area contributed by atoms with Gasteiger partial charge in [-0.25, -0.2) is 9.69 Å². The van der Waals surface area contributed by atoms with Gasteiger partial charge in [0.2, 0.25) is 0 Å². The molecule has 126 valence electrons. The molecular weight excluding hydrogens is 298 g/mol. The summed E-state index contributed by atoms with van der Waals surface area (Å²) in [6.45, 7) is 10.1. The van der Waals surface area contributed by atoms with Gasteiger partial charge in [0.1, 0.15) is 6.10 Å². The highest BCUT2D eigenvalue weighted by Crippen LogP contribution is 2.44. The quantitative estimate of drug-likeness (QED) is 0.530. The van der Waals surface area contributed by atoms with Gasteiger partial charge in [-0.2, -0.15) is 0 Å². The second-order valence-electron chi connectivity index (χ2n) is 6.75. The van der Waals surface area contributed by atoms with Crippen molar-refractivity contribution in [2.45, 2.75) is 83.8 Å². The van der Waals surface area contributed by atoms with Crippen molar-refractivity contribution in [2.75, 3.05) is 0 Å². The van der Waals surface area contributed by atoms with E-state index < -0.39 is 20.5 Å². The number of β-lactam (4-membered cyclic amide) rings is 1. The van der Waals surface area contributed by atoms with E-state index in [1.54, 1.807) is 13.8 Å². The third-order valence-electron chi connectivity index (χ3n) is 5.04. The minimum absolute atomic E-state index is 0.102. The molecule has 0 spiro atoms. The van der Waals surface area contributed by atoms with Gasteiger partial charge in [-0.3, -0.25) is 4.79 Å². The van der Waals surface area contributed by atoms with Crippen LogP contribution in [0.2, 0.25) is 18.1 Å². The van der Waals surface area contributed by atoms with Crippen LogP contribution < -0.4 is 0 Å². The van der Waals surface area contributed by atoms with Gasteiger partial charge in [0.15, 0.2) is 8.32 Å². The highest BCUT2D eigenvalue weighted by Gasteiger charge is 2.59. The number of hydrogen-bond donors (Lipinski definition) is 0. The van der Waals surface area contributed by atoms with Crippen molar-refractivity contribution < 1.29 is 18.8 Å². The topological polar surface area (TPSA) is 55.8 Å². The van der Waals surface area contributed by atoms with Crippen LogP contribution in [0.4, 0.5) is 4.79 Å². The van der Waals surface area contributed by atoms with E-state index in [0.29, 0.717) is 5.92 Å². The monoisotopic (exact) mass is 327 g/mol. The first-order valence-corrected chi connectivity index (χ1v) is 11.1. The summed E-state index contributed by atoms with van der Waals surface area (Å²) >= 11 is 0. The average Bonchev–Trinajstić information content (AvgIpc) is 3.29. The van der Waals surface area contributed by atoms with Crippen LogP contribution in [0.3, 0.4) is 0 Å². The molecule has 0 N–H and O–H groups in total. The molecule has 0 radical (unpaired) electrons. The van der Waals surface area contributed by atoms with Gasteiger partial charge in [-0.05, 0) is 50.7 Å². The van der Waals surface area contributed by atoms with Crippen LogP contribution in [0.15, 0.2) is 0 Å². The van der Waals surface area contributed by atoms with E-state index >= 15 is 0 Å². The average molecular weight is 327 g/mol. The normalized spacial score (nSPS) is 25.4. The van der Waals surface area contributed by atoms with Crippen LogP contribution in [-0.4, -0.2) is 43.5 Å². The zero-order valence-electron chi connectivity index (χ0n) is 14.4. The van der Waals surface area contributed by atoms with Gasteiger partial charge in [-0.15, -0.1) is 0 Å². The molecule has 1 aliphatic carbocycles. The molecular formula is C16H29NO4Si. The molecule has 5 nitrogen and oxygen atoms in total. The summed E-state index contributed by atoms with van der Waals surface area (Å²) < 4.78 is 11.6. The molecule has 6 heteroatoms. The fourth-order valence-electron chi connectivity index (χ4n) is 3.24. The molecule has 0 aromatic heterocycles. The summed E-state index contributed by atoms with van der Waals surface area (Å²) in [6, 6.07) is 2.93. The minimum atomic E-state index is -1.85. The molecule has 1 heterocycles. The molecule has 2 amide bonds. The van der Waals surface area contributed by atoms with Crippen molar-refractivity contribution in [3.8, 4) is 0 Å². The van der Waals surface area contributed by atoms with Gasteiger partial charge in [0.25, 0.3) is 5.91 Å². The van der Waals surface area contributed by atoms with Gasteiger partial charge in [-0.1, -0.05) is 20.8 Å². The molecule has 0 aromatic carbocycles.